The minimum atomic E-state index is -0.569. The topological polar surface area (TPSA) is 105 Å². The van der Waals surface area contributed by atoms with E-state index in [-0.39, 0.29) is 24.1 Å². The van der Waals surface area contributed by atoms with Gasteiger partial charge < -0.3 is 16.0 Å². The van der Waals surface area contributed by atoms with Crippen LogP contribution in [0.4, 0.5) is 0 Å². The summed E-state index contributed by atoms with van der Waals surface area (Å²) in [5.74, 6) is -0.289. The number of carbonyl (C=O) groups is 3. The number of imide groups is 1. The maximum absolute atomic E-state index is 12.8. The Morgan fingerprint density at radius 1 is 1.23 bits per heavy atom. The van der Waals surface area contributed by atoms with Crippen LogP contribution in [0.1, 0.15) is 67.4 Å². The van der Waals surface area contributed by atoms with Gasteiger partial charge in [-0.3, -0.25) is 19.7 Å². The molecule has 3 aliphatic rings. The highest BCUT2D eigenvalue weighted by Crippen LogP contribution is 2.38. The van der Waals surface area contributed by atoms with Gasteiger partial charge in [-0.15, -0.1) is 0 Å². The van der Waals surface area contributed by atoms with Gasteiger partial charge >= 0.3 is 0 Å². The Balaban J connectivity index is 1.41. The third-order valence-corrected chi connectivity index (χ3v) is 6.97. The molecule has 2 heterocycles. The van der Waals surface area contributed by atoms with E-state index in [0.29, 0.717) is 42.4 Å². The molecule has 4 N–H and O–H groups in total. The molecule has 3 unspecified atom stereocenters. The van der Waals surface area contributed by atoms with E-state index in [9.17, 15) is 14.4 Å². The molecule has 30 heavy (non-hydrogen) atoms. The lowest BCUT2D eigenvalue weighted by atomic mass is 9.70. The number of carbonyl (C=O) groups excluding carboxylic acids is 3. The van der Waals surface area contributed by atoms with Gasteiger partial charge in [0.1, 0.15) is 6.04 Å². The second kappa shape index (κ2) is 8.12. The maximum Gasteiger partial charge on any atom is 0.255 e. The third-order valence-electron chi connectivity index (χ3n) is 6.97. The Labute approximate surface area is 177 Å². The molecule has 4 rings (SSSR count). The monoisotopic (exact) mass is 412 g/mol. The van der Waals surface area contributed by atoms with E-state index >= 15 is 0 Å². The van der Waals surface area contributed by atoms with Crippen LogP contribution in [0.2, 0.25) is 0 Å². The van der Waals surface area contributed by atoms with Gasteiger partial charge in [0.05, 0.1) is 0 Å². The smallest absolute Gasteiger partial charge is 0.255 e. The molecule has 3 amide bonds. The van der Waals surface area contributed by atoms with E-state index < -0.39 is 6.04 Å². The van der Waals surface area contributed by atoms with E-state index in [1.807, 2.05) is 12.1 Å². The number of amides is 3. The van der Waals surface area contributed by atoms with Gasteiger partial charge in [-0.2, -0.15) is 0 Å². The van der Waals surface area contributed by atoms with Crippen molar-refractivity contribution in [3.63, 3.8) is 0 Å². The summed E-state index contributed by atoms with van der Waals surface area (Å²) in [5, 5.41) is 6.03. The average molecular weight is 413 g/mol. The Hall–Kier alpha value is -2.25. The van der Waals surface area contributed by atoms with Crippen molar-refractivity contribution in [3.8, 4) is 0 Å². The highest BCUT2D eigenvalue weighted by molar-refractivity contribution is 6.05. The number of nitrogens with one attached hydrogen (secondary N) is 2. The summed E-state index contributed by atoms with van der Waals surface area (Å²) >= 11 is 0. The second-order valence-corrected chi connectivity index (χ2v) is 9.78. The van der Waals surface area contributed by atoms with Gasteiger partial charge in [-0.25, -0.2) is 0 Å². The van der Waals surface area contributed by atoms with Crippen molar-refractivity contribution in [2.24, 2.45) is 17.1 Å². The summed E-state index contributed by atoms with van der Waals surface area (Å²) < 4.78 is 0. The van der Waals surface area contributed by atoms with E-state index in [0.717, 1.165) is 30.5 Å². The predicted molar refractivity (Wildman–Crippen MR) is 113 cm³/mol. The van der Waals surface area contributed by atoms with Gasteiger partial charge in [0.2, 0.25) is 11.8 Å². The molecule has 1 aromatic rings. The number of hydrogen-bond acceptors (Lipinski definition) is 5. The molecular formula is C23H32N4O3. The Bertz CT molecular complexity index is 866. The zero-order chi connectivity index (χ0) is 21.5. The fourth-order valence-corrected chi connectivity index (χ4v) is 5.24. The molecule has 7 nitrogen and oxygen atoms in total. The molecule has 7 heteroatoms. The SMILES string of the molecule is CC1(C)CCC(NCc2ccc3c(c2)CN(C2CCC(=O)NC2=O)C3=O)C(CN)C1. The van der Waals surface area contributed by atoms with Crippen LogP contribution in [0.15, 0.2) is 18.2 Å². The van der Waals surface area contributed by atoms with Crippen molar-refractivity contribution in [2.75, 3.05) is 6.54 Å². The number of fused-ring (bicyclic) bond motifs is 1. The van der Waals surface area contributed by atoms with E-state index in [2.05, 4.69) is 30.5 Å². The number of hydrogen-bond donors (Lipinski definition) is 3. The predicted octanol–water partition coefficient (Wildman–Crippen LogP) is 1.69. The molecule has 0 radical (unpaired) electrons. The normalized spacial score (nSPS) is 28.4. The fraction of sp³-hybridized carbons (Fsp3) is 0.609. The van der Waals surface area contributed by atoms with Crippen molar-refractivity contribution in [2.45, 2.75) is 71.1 Å². The minimum absolute atomic E-state index is 0.128. The van der Waals surface area contributed by atoms with E-state index in [1.54, 1.807) is 4.90 Å². The Kier molecular flexibility index (Phi) is 5.68. The van der Waals surface area contributed by atoms with Crippen LogP contribution in [-0.2, 0) is 22.7 Å². The number of benzene rings is 1. The molecule has 1 saturated heterocycles. The first-order chi connectivity index (χ1) is 14.3. The van der Waals surface area contributed by atoms with Crippen LogP contribution in [-0.4, -0.2) is 41.2 Å². The highest BCUT2D eigenvalue weighted by atomic mass is 16.2. The summed E-state index contributed by atoms with van der Waals surface area (Å²) in [6, 6.07) is 5.77. The van der Waals surface area contributed by atoms with Crippen LogP contribution in [0.3, 0.4) is 0 Å². The van der Waals surface area contributed by atoms with Gasteiger partial charge in [0, 0.05) is 31.1 Å². The van der Waals surface area contributed by atoms with Crippen molar-refractivity contribution in [1.82, 2.24) is 15.5 Å². The highest BCUT2D eigenvalue weighted by Gasteiger charge is 2.39. The summed E-state index contributed by atoms with van der Waals surface area (Å²) in [6.07, 6.45) is 4.12. The average Bonchev–Trinajstić information content (AvgIpc) is 3.02. The van der Waals surface area contributed by atoms with Gasteiger partial charge in [-0.1, -0.05) is 26.0 Å². The minimum Gasteiger partial charge on any atom is -0.330 e. The first-order valence-electron chi connectivity index (χ1n) is 11.0. The largest absolute Gasteiger partial charge is 0.330 e. The first-order valence-corrected chi connectivity index (χ1v) is 11.0. The molecule has 0 bridgehead atoms. The number of piperidine rings is 1. The standard InChI is InChI=1S/C23H32N4O3/c1-23(2)8-7-18(16(10-23)11-24)25-12-14-3-4-17-15(9-14)13-27(22(17)30)19-5-6-20(28)26-21(19)29/h3-4,9,16,18-19,25H,5-8,10-13,24H2,1-2H3,(H,26,28,29). The molecule has 0 aromatic heterocycles. The molecule has 0 spiro atoms. The van der Waals surface area contributed by atoms with Crippen molar-refractivity contribution in [1.29, 1.82) is 0 Å². The van der Waals surface area contributed by atoms with E-state index in [4.69, 9.17) is 5.73 Å². The lowest BCUT2D eigenvalue weighted by Crippen LogP contribution is -2.52. The zero-order valence-electron chi connectivity index (χ0n) is 17.9. The van der Waals surface area contributed by atoms with Crippen LogP contribution in [0.5, 0.6) is 0 Å². The second-order valence-electron chi connectivity index (χ2n) is 9.78. The molecule has 1 aliphatic carbocycles. The van der Waals surface area contributed by atoms with Gasteiger partial charge in [-0.05, 0) is 60.8 Å². The molecule has 1 aromatic carbocycles. The van der Waals surface area contributed by atoms with Gasteiger partial charge in [0.25, 0.3) is 5.91 Å². The van der Waals surface area contributed by atoms with Crippen LogP contribution in [0.25, 0.3) is 0 Å². The summed E-state index contributed by atoms with van der Waals surface area (Å²) in [4.78, 5) is 38.0. The van der Waals surface area contributed by atoms with Crippen LogP contribution >= 0.6 is 0 Å². The third kappa shape index (κ3) is 4.14. The lowest BCUT2D eigenvalue weighted by Gasteiger charge is -2.41. The quantitative estimate of drug-likeness (QED) is 0.639. The lowest BCUT2D eigenvalue weighted by molar-refractivity contribution is -0.136. The Morgan fingerprint density at radius 3 is 2.77 bits per heavy atom. The van der Waals surface area contributed by atoms with Crippen LogP contribution < -0.4 is 16.4 Å². The zero-order valence-corrected chi connectivity index (χ0v) is 17.9. The summed E-state index contributed by atoms with van der Waals surface area (Å²) in [7, 11) is 0. The molecule has 1 saturated carbocycles. The Morgan fingerprint density at radius 2 is 2.03 bits per heavy atom. The number of nitrogens with zero attached hydrogens (tertiary/aromatic N) is 1. The van der Waals surface area contributed by atoms with Crippen LogP contribution in [0, 0.1) is 11.3 Å². The van der Waals surface area contributed by atoms with Crippen molar-refractivity contribution < 1.29 is 14.4 Å². The molecule has 162 valence electrons. The number of nitrogens with two attached hydrogens (primary N) is 1. The molecular weight excluding hydrogens is 380 g/mol. The van der Waals surface area contributed by atoms with Crippen molar-refractivity contribution >= 4 is 17.7 Å². The summed E-state index contributed by atoms with van der Waals surface area (Å²) in [5.41, 5.74) is 9.13. The summed E-state index contributed by atoms with van der Waals surface area (Å²) in [6.45, 7) is 6.48. The fourth-order valence-electron chi connectivity index (χ4n) is 5.24. The van der Waals surface area contributed by atoms with Gasteiger partial charge in [0.15, 0.2) is 0 Å². The molecule has 3 atom stereocenters. The van der Waals surface area contributed by atoms with Crippen molar-refractivity contribution in [3.05, 3.63) is 34.9 Å². The first kappa shape index (κ1) is 21.0. The van der Waals surface area contributed by atoms with E-state index in [1.165, 1.54) is 6.42 Å². The molecule has 2 aliphatic heterocycles. The number of rotatable bonds is 5. The maximum atomic E-state index is 12.8. The molecule has 2 fully saturated rings.